The third-order valence-electron chi connectivity index (χ3n) is 2.25. The molecule has 1 amide bonds. The Balaban J connectivity index is 0. The Morgan fingerprint density at radius 3 is 2.33 bits per heavy atom. The highest BCUT2D eigenvalue weighted by Gasteiger charge is 2.09. The number of halogens is 1. The maximum absolute atomic E-state index is 11.3. The van der Waals surface area contributed by atoms with Crippen LogP contribution in [-0.2, 0) is 4.79 Å². The summed E-state index contributed by atoms with van der Waals surface area (Å²) >= 11 is 0. The first kappa shape index (κ1) is 17.1. The average Bonchev–Trinajstić information content (AvgIpc) is 2.15. The minimum atomic E-state index is 0. The van der Waals surface area contributed by atoms with Crippen LogP contribution in [0.15, 0.2) is 0 Å². The maximum Gasteiger partial charge on any atom is 0.234 e. The summed E-state index contributed by atoms with van der Waals surface area (Å²) in [5.41, 5.74) is 0. The molecular formula is C11H25ClN2O. The van der Waals surface area contributed by atoms with Crippen molar-refractivity contribution in [2.75, 3.05) is 13.6 Å². The third kappa shape index (κ3) is 10.0. The molecule has 0 spiro atoms. The summed E-state index contributed by atoms with van der Waals surface area (Å²) < 4.78 is 0. The predicted octanol–water partition coefficient (Wildman–Crippen LogP) is 2.10. The van der Waals surface area contributed by atoms with Gasteiger partial charge in [0.2, 0.25) is 5.91 Å². The van der Waals surface area contributed by atoms with Gasteiger partial charge in [0.15, 0.2) is 0 Å². The molecule has 2 N–H and O–H groups in total. The van der Waals surface area contributed by atoms with Gasteiger partial charge in [-0.25, -0.2) is 0 Å². The van der Waals surface area contributed by atoms with Crippen molar-refractivity contribution in [2.24, 2.45) is 0 Å². The Kier molecular flexibility index (Phi) is 13.5. The van der Waals surface area contributed by atoms with Crippen LogP contribution < -0.4 is 10.6 Å². The lowest BCUT2D eigenvalue weighted by molar-refractivity contribution is -0.120. The number of hydrogen-bond donors (Lipinski definition) is 2. The third-order valence-corrected chi connectivity index (χ3v) is 2.25. The molecule has 0 aliphatic rings. The zero-order valence-corrected chi connectivity index (χ0v) is 11.0. The van der Waals surface area contributed by atoms with E-state index in [4.69, 9.17) is 0 Å². The van der Waals surface area contributed by atoms with Gasteiger partial charge >= 0.3 is 0 Å². The number of nitrogens with one attached hydrogen (secondary N) is 2. The summed E-state index contributed by atoms with van der Waals surface area (Å²) in [6.45, 7) is 4.76. The maximum atomic E-state index is 11.3. The topological polar surface area (TPSA) is 41.1 Å². The molecule has 0 saturated carbocycles. The van der Waals surface area contributed by atoms with Gasteiger partial charge in [0.25, 0.3) is 0 Å². The predicted molar refractivity (Wildman–Crippen MR) is 67.5 cm³/mol. The van der Waals surface area contributed by atoms with Gasteiger partial charge in [-0.05, 0) is 19.9 Å². The molecule has 0 radical (unpaired) electrons. The summed E-state index contributed by atoms with van der Waals surface area (Å²) in [6, 6.07) is 0.376. The first-order chi connectivity index (χ1) is 6.74. The summed E-state index contributed by atoms with van der Waals surface area (Å²) in [5.74, 6) is 0.113. The van der Waals surface area contributed by atoms with Gasteiger partial charge in [0.05, 0.1) is 6.54 Å². The van der Waals surface area contributed by atoms with E-state index >= 15 is 0 Å². The Morgan fingerprint density at radius 2 is 1.87 bits per heavy atom. The van der Waals surface area contributed by atoms with Crippen LogP contribution in [0, 0.1) is 0 Å². The van der Waals surface area contributed by atoms with Crippen molar-refractivity contribution in [3.05, 3.63) is 0 Å². The van der Waals surface area contributed by atoms with E-state index in [1.54, 1.807) is 7.05 Å². The highest BCUT2D eigenvalue weighted by molar-refractivity contribution is 5.85. The van der Waals surface area contributed by atoms with Gasteiger partial charge in [-0.3, -0.25) is 4.79 Å². The van der Waals surface area contributed by atoms with Crippen molar-refractivity contribution in [1.82, 2.24) is 10.6 Å². The molecule has 0 aromatic carbocycles. The summed E-state index contributed by atoms with van der Waals surface area (Å²) in [7, 11) is 1.79. The van der Waals surface area contributed by atoms with Gasteiger partial charge in [0, 0.05) is 6.04 Å². The number of unbranched alkanes of at least 4 members (excludes halogenated alkanes) is 1. The molecule has 3 nitrogen and oxygen atoms in total. The average molecular weight is 237 g/mol. The van der Waals surface area contributed by atoms with Crippen LogP contribution in [0.3, 0.4) is 0 Å². The fourth-order valence-electron chi connectivity index (χ4n) is 1.53. The highest BCUT2D eigenvalue weighted by atomic mass is 35.5. The van der Waals surface area contributed by atoms with Gasteiger partial charge < -0.3 is 10.6 Å². The fourth-order valence-corrected chi connectivity index (χ4v) is 1.53. The largest absolute Gasteiger partial charge is 0.352 e. The summed E-state index contributed by atoms with van der Waals surface area (Å²) in [5, 5.41) is 5.91. The molecule has 0 rings (SSSR count). The minimum Gasteiger partial charge on any atom is -0.352 e. The standard InChI is InChI=1S/C11H24N2O.ClH/c1-4-6-8-10(7-5-2)13-11(14)9-12-3;/h10,12H,4-9H2,1-3H3,(H,13,14);1H. The number of carbonyl (C=O) groups excluding carboxylic acids is 1. The molecule has 0 heterocycles. The molecule has 92 valence electrons. The lowest BCUT2D eigenvalue weighted by Gasteiger charge is -2.17. The molecular weight excluding hydrogens is 212 g/mol. The second-order valence-electron chi connectivity index (χ2n) is 3.73. The second kappa shape index (κ2) is 11.8. The number of hydrogen-bond acceptors (Lipinski definition) is 2. The molecule has 0 bridgehead atoms. The summed E-state index contributed by atoms with van der Waals surface area (Å²) in [6.07, 6.45) is 5.73. The van der Waals surface area contributed by atoms with Crippen LogP contribution in [0.4, 0.5) is 0 Å². The molecule has 0 fully saturated rings. The number of rotatable bonds is 8. The first-order valence-electron chi connectivity index (χ1n) is 5.68. The molecule has 0 aromatic rings. The van der Waals surface area contributed by atoms with Crippen molar-refractivity contribution in [3.63, 3.8) is 0 Å². The zero-order chi connectivity index (χ0) is 10.8. The van der Waals surface area contributed by atoms with Gasteiger partial charge in [0.1, 0.15) is 0 Å². The fraction of sp³-hybridized carbons (Fsp3) is 0.909. The SMILES string of the molecule is CCCCC(CCC)NC(=O)CNC.Cl. The molecule has 0 aliphatic heterocycles. The number of likely N-dealkylation sites (N-methyl/N-ethyl adjacent to an activating group) is 1. The van der Waals surface area contributed by atoms with Crippen LogP contribution in [0.2, 0.25) is 0 Å². The monoisotopic (exact) mass is 236 g/mol. The van der Waals surface area contributed by atoms with Gasteiger partial charge in [-0.15, -0.1) is 12.4 Å². The molecule has 4 heteroatoms. The van der Waals surface area contributed by atoms with E-state index in [0.717, 1.165) is 19.3 Å². The molecule has 0 aliphatic carbocycles. The van der Waals surface area contributed by atoms with E-state index in [9.17, 15) is 4.79 Å². The van der Waals surface area contributed by atoms with E-state index in [1.165, 1.54) is 12.8 Å². The van der Waals surface area contributed by atoms with Crippen molar-refractivity contribution < 1.29 is 4.79 Å². The molecule has 1 unspecified atom stereocenters. The Labute approximate surface area is 99.8 Å². The van der Waals surface area contributed by atoms with E-state index in [0.29, 0.717) is 12.6 Å². The van der Waals surface area contributed by atoms with E-state index in [1.807, 2.05) is 0 Å². The molecule has 1 atom stereocenters. The van der Waals surface area contributed by atoms with Gasteiger partial charge in [-0.2, -0.15) is 0 Å². The molecule has 0 aromatic heterocycles. The van der Waals surface area contributed by atoms with Crippen molar-refractivity contribution in [1.29, 1.82) is 0 Å². The highest BCUT2D eigenvalue weighted by Crippen LogP contribution is 2.06. The molecule has 15 heavy (non-hydrogen) atoms. The number of carbonyl (C=O) groups is 1. The van der Waals surface area contributed by atoms with Crippen molar-refractivity contribution in [2.45, 2.75) is 52.0 Å². The van der Waals surface area contributed by atoms with Crippen molar-refractivity contribution in [3.8, 4) is 0 Å². The minimum absolute atomic E-state index is 0. The smallest absolute Gasteiger partial charge is 0.234 e. The van der Waals surface area contributed by atoms with Crippen LogP contribution >= 0.6 is 12.4 Å². The second-order valence-corrected chi connectivity index (χ2v) is 3.73. The Bertz CT molecular complexity index is 154. The van der Waals surface area contributed by atoms with Crippen molar-refractivity contribution >= 4 is 18.3 Å². The lowest BCUT2D eigenvalue weighted by atomic mass is 10.1. The van der Waals surface area contributed by atoms with E-state index in [-0.39, 0.29) is 18.3 Å². The normalized spacial score (nSPS) is 11.7. The first-order valence-corrected chi connectivity index (χ1v) is 5.68. The van der Waals surface area contributed by atoms with Crippen LogP contribution in [0.5, 0.6) is 0 Å². The Morgan fingerprint density at radius 1 is 1.20 bits per heavy atom. The van der Waals surface area contributed by atoms with E-state index in [2.05, 4.69) is 24.5 Å². The zero-order valence-electron chi connectivity index (χ0n) is 10.1. The van der Waals surface area contributed by atoms with Crippen LogP contribution in [0.25, 0.3) is 0 Å². The van der Waals surface area contributed by atoms with E-state index < -0.39 is 0 Å². The van der Waals surface area contributed by atoms with Crippen LogP contribution in [0.1, 0.15) is 46.0 Å². The van der Waals surface area contributed by atoms with Gasteiger partial charge in [-0.1, -0.05) is 33.1 Å². The molecule has 0 saturated heterocycles. The Hall–Kier alpha value is -0.280. The summed E-state index contributed by atoms with van der Waals surface area (Å²) in [4.78, 5) is 11.3. The number of amides is 1. The van der Waals surface area contributed by atoms with Crippen LogP contribution in [-0.4, -0.2) is 25.5 Å². The quantitative estimate of drug-likeness (QED) is 0.678. The lowest BCUT2D eigenvalue weighted by Crippen LogP contribution is -2.39.